The highest BCUT2D eigenvalue weighted by Crippen LogP contribution is 2.28. The first-order chi connectivity index (χ1) is 13.5. The predicted molar refractivity (Wildman–Crippen MR) is 109 cm³/mol. The largest absolute Gasteiger partial charge is 0.497 e. The summed E-state index contributed by atoms with van der Waals surface area (Å²) < 4.78 is 10.8. The summed E-state index contributed by atoms with van der Waals surface area (Å²) in [4.78, 5) is 23.6. The van der Waals surface area contributed by atoms with Crippen molar-refractivity contribution in [3.8, 4) is 11.5 Å². The van der Waals surface area contributed by atoms with E-state index in [1.54, 1.807) is 20.4 Å². The molecule has 0 aliphatic carbocycles. The van der Waals surface area contributed by atoms with Gasteiger partial charge in [0, 0.05) is 44.0 Å². The number of aromatic nitrogens is 1. The first-order valence-electron chi connectivity index (χ1n) is 9.34. The molecule has 150 valence electrons. The lowest BCUT2D eigenvalue weighted by atomic mass is 10.1. The number of nitrogens with zero attached hydrogens (tertiary/aromatic N) is 4. The third-order valence-electron chi connectivity index (χ3n) is 4.85. The molecule has 0 fully saturated rings. The van der Waals surface area contributed by atoms with E-state index >= 15 is 0 Å². The van der Waals surface area contributed by atoms with Crippen molar-refractivity contribution in [3.63, 3.8) is 0 Å². The van der Waals surface area contributed by atoms with E-state index in [0.29, 0.717) is 26.2 Å². The molecule has 7 heteroatoms. The zero-order valence-electron chi connectivity index (χ0n) is 17.0. The van der Waals surface area contributed by atoms with E-state index in [-0.39, 0.29) is 5.91 Å². The topological polar surface area (TPSA) is 58.1 Å². The molecule has 3 rings (SSSR count). The van der Waals surface area contributed by atoms with Crippen LogP contribution in [0, 0.1) is 0 Å². The van der Waals surface area contributed by atoms with Crippen molar-refractivity contribution < 1.29 is 14.3 Å². The van der Waals surface area contributed by atoms with Gasteiger partial charge >= 0.3 is 0 Å². The van der Waals surface area contributed by atoms with Crippen LogP contribution in [0.25, 0.3) is 0 Å². The molecule has 1 aromatic carbocycles. The van der Waals surface area contributed by atoms with Gasteiger partial charge in [-0.25, -0.2) is 0 Å². The van der Waals surface area contributed by atoms with Gasteiger partial charge in [-0.3, -0.25) is 14.7 Å². The third kappa shape index (κ3) is 4.61. The van der Waals surface area contributed by atoms with Crippen LogP contribution in [0.1, 0.15) is 11.3 Å². The quantitative estimate of drug-likeness (QED) is 0.728. The summed E-state index contributed by atoms with van der Waals surface area (Å²) in [5.41, 5.74) is 2.83. The summed E-state index contributed by atoms with van der Waals surface area (Å²) in [6, 6.07) is 9.62. The Labute approximate surface area is 166 Å². The summed E-state index contributed by atoms with van der Waals surface area (Å²) in [6.45, 7) is 2.97. The van der Waals surface area contributed by atoms with Crippen molar-refractivity contribution >= 4 is 11.6 Å². The number of carbonyl (C=O) groups is 1. The molecule has 0 radical (unpaired) electrons. The van der Waals surface area contributed by atoms with Crippen molar-refractivity contribution in [3.05, 3.63) is 47.8 Å². The monoisotopic (exact) mass is 384 g/mol. The van der Waals surface area contributed by atoms with E-state index in [2.05, 4.69) is 14.8 Å². The first kappa shape index (κ1) is 20.1. The molecule has 0 unspecified atom stereocenters. The summed E-state index contributed by atoms with van der Waals surface area (Å²) >= 11 is 0. The fraction of sp³-hybridized carbons (Fsp3) is 0.429. The fourth-order valence-corrected chi connectivity index (χ4v) is 3.36. The molecule has 0 saturated carbocycles. The van der Waals surface area contributed by atoms with E-state index in [0.717, 1.165) is 35.0 Å². The Morgan fingerprint density at radius 1 is 1.14 bits per heavy atom. The van der Waals surface area contributed by atoms with Gasteiger partial charge in [0.15, 0.2) is 0 Å². The van der Waals surface area contributed by atoms with Gasteiger partial charge < -0.3 is 19.3 Å². The highest BCUT2D eigenvalue weighted by atomic mass is 16.5. The molecule has 0 bridgehead atoms. The van der Waals surface area contributed by atoms with Crippen LogP contribution in [0.3, 0.4) is 0 Å². The Balaban J connectivity index is 1.85. The molecule has 7 nitrogen and oxygen atoms in total. The summed E-state index contributed by atoms with van der Waals surface area (Å²) in [6.07, 6.45) is 1.78. The second-order valence-electron chi connectivity index (χ2n) is 7.14. The summed E-state index contributed by atoms with van der Waals surface area (Å²) in [5.74, 6) is 1.58. The maximum absolute atomic E-state index is 13.0. The Morgan fingerprint density at radius 3 is 2.68 bits per heavy atom. The highest BCUT2D eigenvalue weighted by Gasteiger charge is 2.27. The fourth-order valence-electron chi connectivity index (χ4n) is 3.36. The minimum absolute atomic E-state index is 0.0843. The molecule has 0 spiro atoms. The molecule has 0 saturated heterocycles. The van der Waals surface area contributed by atoms with Crippen molar-refractivity contribution in [2.45, 2.75) is 13.1 Å². The second kappa shape index (κ2) is 9.03. The average molecular weight is 384 g/mol. The van der Waals surface area contributed by atoms with Crippen LogP contribution >= 0.6 is 0 Å². The molecular weight excluding hydrogens is 356 g/mol. The van der Waals surface area contributed by atoms with Gasteiger partial charge in [-0.05, 0) is 32.3 Å². The Hall–Kier alpha value is -2.64. The maximum atomic E-state index is 13.0. The van der Waals surface area contributed by atoms with E-state index in [1.807, 2.05) is 49.3 Å². The maximum Gasteiger partial charge on any atom is 0.241 e. The number of carbonyl (C=O) groups excluding carboxylic acids is 1. The number of methoxy groups -OCH3 is 2. The molecule has 28 heavy (non-hydrogen) atoms. The number of hydrogen-bond acceptors (Lipinski definition) is 6. The van der Waals surface area contributed by atoms with Crippen LogP contribution < -0.4 is 14.4 Å². The van der Waals surface area contributed by atoms with E-state index in [4.69, 9.17) is 9.47 Å². The smallest absolute Gasteiger partial charge is 0.241 e. The lowest BCUT2D eigenvalue weighted by molar-refractivity contribution is -0.119. The third-order valence-corrected chi connectivity index (χ3v) is 4.85. The van der Waals surface area contributed by atoms with Gasteiger partial charge in [-0.1, -0.05) is 6.07 Å². The molecule has 0 atom stereocenters. The number of rotatable bonds is 7. The number of hydrogen-bond donors (Lipinski definition) is 0. The van der Waals surface area contributed by atoms with E-state index in [9.17, 15) is 4.79 Å². The molecule has 2 aromatic rings. The number of benzene rings is 1. The van der Waals surface area contributed by atoms with Crippen molar-refractivity contribution in [1.82, 2.24) is 14.8 Å². The molecule has 1 aromatic heterocycles. The number of fused-ring (bicyclic) bond motifs is 1. The van der Waals surface area contributed by atoms with Crippen molar-refractivity contribution in [2.75, 3.05) is 52.8 Å². The standard InChI is InChI=1S/C21H28N4O3/c1-23(2)10-11-25-19-6-5-9-22-18(19)14-24(15-21(25)26)13-16-7-8-17(27-3)12-20(16)28-4/h5-9,12H,10-11,13-15H2,1-4H3. The molecule has 1 aliphatic rings. The number of pyridine rings is 1. The summed E-state index contributed by atoms with van der Waals surface area (Å²) in [7, 11) is 7.29. The normalized spacial score (nSPS) is 14.8. The second-order valence-corrected chi connectivity index (χ2v) is 7.14. The van der Waals surface area contributed by atoms with Crippen LogP contribution in [-0.2, 0) is 17.9 Å². The Bertz CT molecular complexity index is 825. The lowest BCUT2D eigenvalue weighted by Gasteiger charge is -2.24. The van der Waals surface area contributed by atoms with Crippen LogP contribution in [0.4, 0.5) is 5.69 Å². The minimum atomic E-state index is 0.0843. The van der Waals surface area contributed by atoms with Gasteiger partial charge in [-0.15, -0.1) is 0 Å². The van der Waals surface area contributed by atoms with Crippen molar-refractivity contribution in [1.29, 1.82) is 0 Å². The molecule has 1 amide bonds. The average Bonchev–Trinajstić information content (AvgIpc) is 2.82. The molecular formula is C21H28N4O3. The van der Waals surface area contributed by atoms with Gasteiger partial charge in [0.2, 0.25) is 5.91 Å². The zero-order chi connectivity index (χ0) is 20.1. The van der Waals surface area contributed by atoms with Crippen LogP contribution in [0.2, 0.25) is 0 Å². The minimum Gasteiger partial charge on any atom is -0.497 e. The van der Waals surface area contributed by atoms with Gasteiger partial charge in [0.05, 0.1) is 32.1 Å². The molecule has 0 N–H and O–H groups in total. The van der Waals surface area contributed by atoms with E-state index < -0.39 is 0 Å². The number of likely N-dealkylation sites (N-methyl/N-ethyl adjacent to an activating group) is 1. The van der Waals surface area contributed by atoms with E-state index in [1.165, 1.54) is 0 Å². The predicted octanol–water partition coefficient (Wildman–Crippen LogP) is 2.01. The van der Waals surface area contributed by atoms with Crippen LogP contribution in [0.15, 0.2) is 36.5 Å². The SMILES string of the molecule is COc1ccc(CN2CC(=O)N(CCN(C)C)c3cccnc3C2)c(OC)c1. The zero-order valence-corrected chi connectivity index (χ0v) is 17.0. The summed E-state index contributed by atoms with van der Waals surface area (Å²) in [5, 5.41) is 0. The van der Waals surface area contributed by atoms with Gasteiger partial charge in [-0.2, -0.15) is 0 Å². The molecule has 2 heterocycles. The molecule has 1 aliphatic heterocycles. The lowest BCUT2D eigenvalue weighted by Crippen LogP contribution is -2.40. The number of ether oxygens (including phenoxy) is 2. The highest BCUT2D eigenvalue weighted by molar-refractivity contribution is 5.96. The Kier molecular flexibility index (Phi) is 6.49. The first-order valence-corrected chi connectivity index (χ1v) is 9.34. The van der Waals surface area contributed by atoms with Crippen molar-refractivity contribution in [2.24, 2.45) is 0 Å². The Morgan fingerprint density at radius 2 is 1.96 bits per heavy atom. The van der Waals surface area contributed by atoms with Gasteiger partial charge in [0.25, 0.3) is 0 Å². The number of amides is 1. The van der Waals surface area contributed by atoms with Gasteiger partial charge in [0.1, 0.15) is 11.5 Å². The number of anilines is 1. The van der Waals surface area contributed by atoms with Crippen LogP contribution in [-0.4, -0.2) is 68.6 Å². The van der Waals surface area contributed by atoms with Crippen LogP contribution in [0.5, 0.6) is 11.5 Å².